The zero-order chi connectivity index (χ0) is 22.2. The number of ether oxygens (including phenoxy) is 2. The fourth-order valence-electron chi connectivity index (χ4n) is 3.63. The number of hydrogen-bond acceptors (Lipinski definition) is 3. The minimum Gasteiger partial charge on any atom is -0.497 e. The number of hydrogen-bond donors (Lipinski definition) is 0. The van der Waals surface area contributed by atoms with Crippen molar-refractivity contribution in [3.8, 4) is 11.5 Å². The number of aromatic nitrogens is 1. The number of unbranched alkanes of at least 4 members (excludes halogenated alkanes) is 1. The van der Waals surface area contributed by atoms with Gasteiger partial charge in [-0.2, -0.15) is 0 Å². The lowest BCUT2D eigenvalue weighted by atomic mass is 10.1. The van der Waals surface area contributed by atoms with Gasteiger partial charge in [0.05, 0.1) is 20.8 Å². The molecule has 5 heteroatoms. The normalized spacial score (nSPS) is 10.7. The molecule has 0 radical (unpaired) electrons. The second kappa shape index (κ2) is 10.7. The highest BCUT2D eigenvalue weighted by atomic mass is 16.5. The predicted molar refractivity (Wildman–Crippen MR) is 124 cm³/mol. The maximum atomic E-state index is 13.4. The molecule has 31 heavy (non-hydrogen) atoms. The number of amides is 1. The number of carbonyl (C=O) groups excluding carboxylic acids is 1. The summed E-state index contributed by atoms with van der Waals surface area (Å²) in [5.41, 5.74) is 4.24. The highest BCUT2D eigenvalue weighted by molar-refractivity contribution is 5.95. The molecule has 0 aliphatic heterocycles. The topological polar surface area (TPSA) is 43.7 Å². The van der Waals surface area contributed by atoms with Gasteiger partial charge in [-0.05, 0) is 48.7 Å². The molecule has 0 saturated heterocycles. The minimum absolute atomic E-state index is 0.0192. The Morgan fingerprint density at radius 1 is 1.00 bits per heavy atom. The van der Waals surface area contributed by atoms with Gasteiger partial charge in [0.2, 0.25) is 0 Å². The SMILES string of the molecule is CCCCN(Cc1cccn1Cc1ccccc1C)C(=O)c1cc(OC)cc(OC)c1. The van der Waals surface area contributed by atoms with Gasteiger partial charge >= 0.3 is 0 Å². The number of benzene rings is 2. The predicted octanol–water partition coefficient (Wildman–Crippen LogP) is 5.30. The van der Waals surface area contributed by atoms with Gasteiger partial charge in [0.1, 0.15) is 11.5 Å². The Labute approximate surface area is 185 Å². The lowest BCUT2D eigenvalue weighted by Gasteiger charge is -2.24. The van der Waals surface area contributed by atoms with E-state index in [9.17, 15) is 4.79 Å². The molecule has 1 aromatic heterocycles. The maximum absolute atomic E-state index is 13.4. The van der Waals surface area contributed by atoms with Crippen molar-refractivity contribution in [3.05, 3.63) is 83.2 Å². The third kappa shape index (κ3) is 5.69. The summed E-state index contributed by atoms with van der Waals surface area (Å²) in [6.45, 7) is 6.31. The Bertz CT molecular complexity index is 987. The van der Waals surface area contributed by atoms with Crippen molar-refractivity contribution in [1.82, 2.24) is 9.47 Å². The summed E-state index contributed by atoms with van der Waals surface area (Å²) in [5, 5.41) is 0. The highest BCUT2D eigenvalue weighted by Gasteiger charge is 2.19. The molecule has 0 atom stereocenters. The Balaban J connectivity index is 1.85. The third-order valence-corrected chi connectivity index (χ3v) is 5.55. The van der Waals surface area contributed by atoms with Crippen LogP contribution in [0.4, 0.5) is 0 Å². The van der Waals surface area contributed by atoms with Crippen LogP contribution in [0.25, 0.3) is 0 Å². The average molecular weight is 421 g/mol. The lowest BCUT2D eigenvalue weighted by molar-refractivity contribution is 0.0736. The van der Waals surface area contributed by atoms with Crippen molar-refractivity contribution in [2.45, 2.75) is 39.8 Å². The maximum Gasteiger partial charge on any atom is 0.254 e. The van der Waals surface area contributed by atoms with Crippen molar-refractivity contribution in [1.29, 1.82) is 0 Å². The summed E-state index contributed by atoms with van der Waals surface area (Å²) in [5.74, 6) is 1.21. The quantitative estimate of drug-likeness (QED) is 0.447. The van der Waals surface area contributed by atoms with Crippen LogP contribution in [0.2, 0.25) is 0 Å². The molecule has 0 aliphatic carbocycles. The molecular formula is C26H32N2O3. The largest absolute Gasteiger partial charge is 0.497 e. The summed E-state index contributed by atoms with van der Waals surface area (Å²) in [6, 6.07) is 17.9. The fraction of sp³-hybridized carbons (Fsp3) is 0.346. The summed E-state index contributed by atoms with van der Waals surface area (Å²) < 4.78 is 12.9. The van der Waals surface area contributed by atoms with Crippen LogP contribution < -0.4 is 9.47 Å². The smallest absolute Gasteiger partial charge is 0.254 e. The number of carbonyl (C=O) groups is 1. The van der Waals surface area contributed by atoms with E-state index in [0.29, 0.717) is 30.2 Å². The second-order valence-electron chi connectivity index (χ2n) is 7.74. The van der Waals surface area contributed by atoms with Crippen LogP contribution in [0.1, 0.15) is 46.9 Å². The summed E-state index contributed by atoms with van der Waals surface area (Å²) in [7, 11) is 3.19. The van der Waals surface area contributed by atoms with Gasteiger partial charge < -0.3 is 18.9 Å². The van der Waals surface area contributed by atoms with Gasteiger partial charge in [-0.3, -0.25) is 4.79 Å². The van der Waals surface area contributed by atoms with Gasteiger partial charge in [-0.1, -0.05) is 37.6 Å². The summed E-state index contributed by atoms with van der Waals surface area (Å²) >= 11 is 0. The molecule has 0 N–H and O–H groups in total. The van der Waals surface area contributed by atoms with Crippen LogP contribution in [-0.4, -0.2) is 36.1 Å². The van der Waals surface area contributed by atoms with Gasteiger partial charge in [0.15, 0.2) is 0 Å². The molecule has 164 valence electrons. The molecule has 5 nitrogen and oxygen atoms in total. The van der Waals surface area contributed by atoms with E-state index in [1.54, 1.807) is 32.4 Å². The first-order chi connectivity index (χ1) is 15.0. The van der Waals surface area contributed by atoms with Crippen molar-refractivity contribution in [3.63, 3.8) is 0 Å². The van der Waals surface area contributed by atoms with Crippen LogP contribution in [0.5, 0.6) is 11.5 Å². The van der Waals surface area contributed by atoms with Crippen LogP contribution >= 0.6 is 0 Å². The summed E-state index contributed by atoms with van der Waals surface area (Å²) in [6.07, 6.45) is 4.06. The van der Waals surface area contributed by atoms with Crippen molar-refractivity contribution < 1.29 is 14.3 Å². The Morgan fingerprint density at radius 2 is 1.71 bits per heavy atom. The average Bonchev–Trinajstić information content (AvgIpc) is 3.23. The van der Waals surface area contributed by atoms with E-state index >= 15 is 0 Å². The van der Waals surface area contributed by atoms with E-state index in [-0.39, 0.29) is 5.91 Å². The van der Waals surface area contributed by atoms with Crippen LogP contribution in [0.15, 0.2) is 60.8 Å². The first-order valence-corrected chi connectivity index (χ1v) is 10.8. The standard InChI is InChI=1S/C26H32N2O3/c1-5-6-13-28(26(29)22-15-24(30-3)17-25(16-22)31-4)19-23-12-9-14-27(23)18-21-11-8-7-10-20(21)2/h7-12,14-17H,5-6,13,18-19H2,1-4H3. The second-order valence-corrected chi connectivity index (χ2v) is 7.74. The first kappa shape index (κ1) is 22.5. The monoisotopic (exact) mass is 420 g/mol. The Kier molecular flexibility index (Phi) is 7.76. The van der Waals surface area contributed by atoms with Crippen LogP contribution in [0.3, 0.4) is 0 Å². The minimum atomic E-state index is -0.0192. The van der Waals surface area contributed by atoms with E-state index in [2.05, 4.69) is 54.9 Å². The lowest BCUT2D eigenvalue weighted by Crippen LogP contribution is -2.32. The number of methoxy groups -OCH3 is 2. The van der Waals surface area contributed by atoms with Gasteiger partial charge in [-0.15, -0.1) is 0 Å². The van der Waals surface area contributed by atoms with Gasteiger partial charge in [-0.25, -0.2) is 0 Å². The van der Waals surface area contributed by atoms with Crippen molar-refractivity contribution in [2.24, 2.45) is 0 Å². The molecule has 1 amide bonds. The van der Waals surface area contributed by atoms with Gasteiger partial charge in [0.25, 0.3) is 5.91 Å². The molecule has 0 unspecified atom stereocenters. The number of rotatable bonds is 10. The van der Waals surface area contributed by atoms with E-state index in [1.807, 2.05) is 11.0 Å². The third-order valence-electron chi connectivity index (χ3n) is 5.55. The Morgan fingerprint density at radius 3 is 2.35 bits per heavy atom. The van der Waals surface area contributed by atoms with Gasteiger partial charge in [0, 0.05) is 36.6 Å². The molecular weight excluding hydrogens is 388 g/mol. The molecule has 0 aliphatic rings. The first-order valence-electron chi connectivity index (χ1n) is 10.8. The molecule has 0 saturated carbocycles. The summed E-state index contributed by atoms with van der Waals surface area (Å²) in [4.78, 5) is 15.4. The zero-order valence-corrected chi connectivity index (χ0v) is 18.9. The molecule has 2 aromatic carbocycles. The molecule has 0 spiro atoms. The number of aryl methyl sites for hydroxylation is 1. The van der Waals surface area contributed by atoms with E-state index in [1.165, 1.54) is 11.1 Å². The molecule has 0 fully saturated rings. The van der Waals surface area contributed by atoms with E-state index < -0.39 is 0 Å². The molecule has 1 heterocycles. The van der Waals surface area contributed by atoms with Crippen molar-refractivity contribution in [2.75, 3.05) is 20.8 Å². The highest BCUT2D eigenvalue weighted by Crippen LogP contribution is 2.24. The van der Waals surface area contributed by atoms with E-state index in [4.69, 9.17) is 9.47 Å². The van der Waals surface area contributed by atoms with Crippen LogP contribution in [-0.2, 0) is 13.1 Å². The van der Waals surface area contributed by atoms with Crippen molar-refractivity contribution >= 4 is 5.91 Å². The zero-order valence-electron chi connectivity index (χ0n) is 18.9. The number of nitrogens with zero attached hydrogens (tertiary/aromatic N) is 2. The fourth-order valence-corrected chi connectivity index (χ4v) is 3.63. The Hall–Kier alpha value is -3.21. The molecule has 3 rings (SSSR count). The molecule has 3 aromatic rings. The van der Waals surface area contributed by atoms with E-state index in [0.717, 1.165) is 25.1 Å². The van der Waals surface area contributed by atoms with Crippen LogP contribution in [0, 0.1) is 6.92 Å². The molecule has 0 bridgehead atoms.